The summed E-state index contributed by atoms with van der Waals surface area (Å²) in [7, 11) is 1.62. The quantitative estimate of drug-likeness (QED) is 0.850. The molecule has 0 N–H and O–H groups in total. The molecule has 0 aromatic carbocycles. The van der Waals surface area contributed by atoms with Gasteiger partial charge in [-0.1, -0.05) is 6.07 Å². The number of hydrazone groups is 1. The number of amides is 2. The van der Waals surface area contributed by atoms with Crippen molar-refractivity contribution in [1.29, 1.82) is 0 Å². The molecule has 3 rings (SSSR count). The van der Waals surface area contributed by atoms with Crippen LogP contribution >= 0.6 is 11.3 Å². The minimum absolute atomic E-state index is 0.0190. The smallest absolute Gasteiger partial charge is 0.270 e. The van der Waals surface area contributed by atoms with Crippen LogP contribution in [0.1, 0.15) is 43.4 Å². The van der Waals surface area contributed by atoms with Gasteiger partial charge in [0.2, 0.25) is 5.91 Å². The minimum Gasteiger partial charge on any atom is -0.335 e. The van der Waals surface area contributed by atoms with Crippen molar-refractivity contribution in [3.8, 4) is 0 Å². The molecular formula is C17H23N3O2S. The number of likely N-dealkylation sites (tertiary alicyclic amines) is 1. The van der Waals surface area contributed by atoms with E-state index >= 15 is 0 Å². The molecule has 124 valence electrons. The summed E-state index contributed by atoms with van der Waals surface area (Å²) in [5.74, 6) is 0.00895. The normalized spacial score (nSPS) is 22.2. The van der Waals surface area contributed by atoms with Crippen LogP contribution in [0.2, 0.25) is 0 Å². The van der Waals surface area contributed by atoms with Crippen LogP contribution in [0.25, 0.3) is 0 Å². The van der Waals surface area contributed by atoms with Gasteiger partial charge in [-0.15, -0.1) is 11.3 Å². The predicted octanol–water partition coefficient (Wildman–Crippen LogP) is 2.67. The molecule has 1 atom stereocenters. The molecular weight excluding hydrogens is 310 g/mol. The molecule has 5 nitrogen and oxygen atoms in total. The third kappa shape index (κ3) is 3.80. The van der Waals surface area contributed by atoms with Gasteiger partial charge in [-0.05, 0) is 43.6 Å². The molecule has 2 amide bonds. The highest BCUT2D eigenvalue weighted by molar-refractivity contribution is 7.09. The Morgan fingerprint density at radius 2 is 2.26 bits per heavy atom. The van der Waals surface area contributed by atoms with Crippen molar-refractivity contribution in [2.24, 2.45) is 5.10 Å². The maximum atomic E-state index is 12.8. The van der Waals surface area contributed by atoms with Crippen LogP contribution in [0.15, 0.2) is 22.6 Å². The summed E-state index contributed by atoms with van der Waals surface area (Å²) < 4.78 is 0. The Morgan fingerprint density at radius 1 is 1.39 bits per heavy atom. The third-order valence-electron chi connectivity index (χ3n) is 4.65. The molecule has 1 aromatic rings. The highest BCUT2D eigenvalue weighted by Gasteiger charge is 2.31. The first kappa shape index (κ1) is 16.2. The van der Waals surface area contributed by atoms with Crippen LogP contribution in [0, 0.1) is 0 Å². The van der Waals surface area contributed by atoms with Crippen molar-refractivity contribution in [3.63, 3.8) is 0 Å². The van der Waals surface area contributed by atoms with E-state index in [0.717, 1.165) is 32.2 Å². The second-order valence-corrected chi connectivity index (χ2v) is 7.26. The number of aryl methyl sites for hydroxylation is 1. The number of thiophene rings is 1. The summed E-state index contributed by atoms with van der Waals surface area (Å²) >= 11 is 1.78. The maximum Gasteiger partial charge on any atom is 0.270 e. The van der Waals surface area contributed by atoms with E-state index < -0.39 is 0 Å². The van der Waals surface area contributed by atoms with E-state index in [1.807, 2.05) is 4.90 Å². The lowest BCUT2D eigenvalue weighted by Crippen LogP contribution is -2.48. The van der Waals surface area contributed by atoms with Gasteiger partial charge in [0.25, 0.3) is 5.91 Å². The van der Waals surface area contributed by atoms with E-state index in [0.29, 0.717) is 24.6 Å². The molecule has 0 bridgehead atoms. The molecule has 1 aromatic heterocycles. The summed E-state index contributed by atoms with van der Waals surface area (Å²) in [4.78, 5) is 27.7. The second kappa shape index (κ2) is 7.25. The monoisotopic (exact) mass is 333 g/mol. The fourth-order valence-electron chi connectivity index (χ4n) is 3.32. The summed E-state index contributed by atoms with van der Waals surface area (Å²) in [5, 5.41) is 7.60. The first-order valence-corrected chi connectivity index (χ1v) is 9.20. The SMILES string of the molecule is CN1N=C(C(=O)N2CCCCC2CCc2cccs2)CCC1=O. The van der Waals surface area contributed by atoms with Crippen molar-refractivity contribution < 1.29 is 9.59 Å². The molecule has 2 aliphatic heterocycles. The highest BCUT2D eigenvalue weighted by Crippen LogP contribution is 2.24. The van der Waals surface area contributed by atoms with Crippen LogP contribution in [0.3, 0.4) is 0 Å². The van der Waals surface area contributed by atoms with Crippen LogP contribution in [-0.2, 0) is 16.0 Å². The molecule has 6 heteroatoms. The Hall–Kier alpha value is -1.69. The number of nitrogens with zero attached hydrogens (tertiary/aromatic N) is 3. The fraction of sp³-hybridized carbons (Fsp3) is 0.588. The number of piperidine rings is 1. The Labute approximate surface area is 141 Å². The Morgan fingerprint density at radius 3 is 3.00 bits per heavy atom. The van der Waals surface area contributed by atoms with E-state index in [4.69, 9.17) is 0 Å². The average molecular weight is 333 g/mol. The largest absolute Gasteiger partial charge is 0.335 e. The van der Waals surface area contributed by atoms with Crippen molar-refractivity contribution in [3.05, 3.63) is 22.4 Å². The van der Waals surface area contributed by atoms with E-state index in [9.17, 15) is 9.59 Å². The number of hydrogen-bond acceptors (Lipinski definition) is 4. The van der Waals surface area contributed by atoms with Crippen molar-refractivity contribution in [2.45, 2.75) is 51.0 Å². The number of rotatable bonds is 4. The van der Waals surface area contributed by atoms with Crippen LogP contribution in [-0.4, -0.2) is 47.1 Å². The molecule has 1 saturated heterocycles. The van der Waals surface area contributed by atoms with E-state index in [-0.39, 0.29) is 11.8 Å². The van der Waals surface area contributed by atoms with Gasteiger partial charge in [-0.2, -0.15) is 5.10 Å². The Balaban J connectivity index is 1.66. The number of hydrogen-bond donors (Lipinski definition) is 0. The lowest BCUT2D eigenvalue weighted by molar-refractivity contribution is -0.131. The van der Waals surface area contributed by atoms with Gasteiger partial charge in [-0.3, -0.25) is 9.59 Å². The van der Waals surface area contributed by atoms with Gasteiger partial charge in [-0.25, -0.2) is 5.01 Å². The van der Waals surface area contributed by atoms with Crippen molar-refractivity contribution in [2.75, 3.05) is 13.6 Å². The first-order valence-electron chi connectivity index (χ1n) is 8.32. The summed E-state index contributed by atoms with van der Waals surface area (Å²) in [5.41, 5.74) is 0.537. The molecule has 0 spiro atoms. The lowest BCUT2D eigenvalue weighted by atomic mass is 9.96. The van der Waals surface area contributed by atoms with E-state index in [2.05, 4.69) is 22.6 Å². The average Bonchev–Trinajstić information content (AvgIpc) is 3.08. The van der Waals surface area contributed by atoms with E-state index in [1.165, 1.54) is 16.3 Å². The molecule has 2 aliphatic rings. The summed E-state index contributed by atoms with van der Waals surface area (Å²) in [6.07, 6.45) is 6.20. The molecule has 3 heterocycles. The molecule has 23 heavy (non-hydrogen) atoms. The predicted molar refractivity (Wildman–Crippen MR) is 91.4 cm³/mol. The lowest BCUT2D eigenvalue weighted by Gasteiger charge is -2.36. The number of carbonyl (C=O) groups is 2. The van der Waals surface area contributed by atoms with Gasteiger partial charge in [0.05, 0.1) is 0 Å². The summed E-state index contributed by atoms with van der Waals surface area (Å²) in [6.45, 7) is 0.810. The zero-order valence-corrected chi connectivity index (χ0v) is 14.3. The zero-order chi connectivity index (χ0) is 16.2. The summed E-state index contributed by atoms with van der Waals surface area (Å²) in [6, 6.07) is 4.53. The van der Waals surface area contributed by atoms with Gasteiger partial charge in [0, 0.05) is 37.4 Å². The minimum atomic E-state index is -0.0190. The molecule has 1 fully saturated rings. The maximum absolute atomic E-state index is 12.8. The van der Waals surface area contributed by atoms with Gasteiger partial charge >= 0.3 is 0 Å². The van der Waals surface area contributed by atoms with Crippen LogP contribution in [0.4, 0.5) is 0 Å². The molecule has 0 radical (unpaired) electrons. The highest BCUT2D eigenvalue weighted by atomic mass is 32.1. The standard InChI is InChI=1S/C17H23N3O2S/c1-19-16(21)10-9-15(18-19)17(22)20-11-3-2-5-13(20)7-8-14-6-4-12-23-14/h4,6,12-13H,2-3,5,7-11H2,1H3. The van der Waals surface area contributed by atoms with E-state index in [1.54, 1.807) is 18.4 Å². The first-order chi connectivity index (χ1) is 11.1. The van der Waals surface area contributed by atoms with Gasteiger partial charge in [0.15, 0.2) is 0 Å². The second-order valence-electron chi connectivity index (χ2n) is 6.23. The third-order valence-corrected chi connectivity index (χ3v) is 5.58. The van der Waals surface area contributed by atoms with Crippen LogP contribution in [0.5, 0.6) is 0 Å². The molecule has 0 aliphatic carbocycles. The van der Waals surface area contributed by atoms with Crippen molar-refractivity contribution >= 4 is 28.9 Å². The zero-order valence-electron chi connectivity index (χ0n) is 13.5. The topological polar surface area (TPSA) is 53.0 Å². The van der Waals surface area contributed by atoms with Crippen LogP contribution < -0.4 is 0 Å². The van der Waals surface area contributed by atoms with Gasteiger partial charge < -0.3 is 4.90 Å². The number of carbonyl (C=O) groups excluding carboxylic acids is 2. The van der Waals surface area contributed by atoms with Gasteiger partial charge in [0.1, 0.15) is 5.71 Å². The van der Waals surface area contributed by atoms with Crippen molar-refractivity contribution in [1.82, 2.24) is 9.91 Å². The fourth-order valence-corrected chi connectivity index (χ4v) is 4.05. The Bertz CT molecular complexity index is 597. The molecule has 0 saturated carbocycles. The Kier molecular flexibility index (Phi) is 5.10. The molecule has 1 unspecified atom stereocenters.